The van der Waals surface area contributed by atoms with Gasteiger partial charge in [0.1, 0.15) is 22.9 Å². The second-order valence-corrected chi connectivity index (χ2v) is 3.83. The molecule has 1 heterocycles. The third-order valence-corrected chi connectivity index (χ3v) is 2.64. The Morgan fingerprint density at radius 1 is 1.50 bits per heavy atom. The summed E-state index contributed by atoms with van der Waals surface area (Å²) in [5, 5.41) is 17.2. The molecule has 0 saturated carbocycles. The van der Waals surface area contributed by atoms with Crippen LogP contribution in [0.4, 0.5) is 4.39 Å². The first-order chi connectivity index (χ1) is 8.65. The van der Waals surface area contributed by atoms with Crippen molar-refractivity contribution in [2.75, 3.05) is 7.11 Å². The van der Waals surface area contributed by atoms with E-state index < -0.39 is 11.9 Å². The topological polar surface area (TPSA) is 60.2 Å². The minimum Gasteiger partial charge on any atom is -0.497 e. The lowest BCUT2D eigenvalue weighted by atomic mass is 10.2. The Morgan fingerprint density at radius 3 is 2.94 bits per heavy atom. The highest BCUT2D eigenvalue weighted by Crippen LogP contribution is 2.21. The third-order valence-electron chi connectivity index (χ3n) is 2.64. The molecule has 0 spiro atoms. The lowest BCUT2D eigenvalue weighted by Gasteiger charge is -2.05. The summed E-state index contributed by atoms with van der Waals surface area (Å²) in [5.74, 6) is 0.0951. The van der Waals surface area contributed by atoms with Gasteiger partial charge in [0.2, 0.25) is 0 Å². The van der Waals surface area contributed by atoms with E-state index in [2.05, 4.69) is 10.3 Å². The van der Waals surface area contributed by atoms with Crippen molar-refractivity contribution in [3.63, 3.8) is 0 Å². The molecule has 0 radical (unpaired) electrons. The zero-order valence-electron chi connectivity index (χ0n) is 10.2. The Hall–Kier alpha value is -1.95. The average Bonchev–Trinajstić information content (AvgIpc) is 2.88. The van der Waals surface area contributed by atoms with Crippen molar-refractivity contribution in [3.05, 3.63) is 35.9 Å². The number of aromatic nitrogens is 3. The summed E-state index contributed by atoms with van der Waals surface area (Å²) < 4.78 is 20.0. The first-order valence-corrected chi connectivity index (χ1v) is 5.60. The molecule has 1 atom stereocenters. The fourth-order valence-corrected chi connectivity index (χ4v) is 1.55. The molecule has 0 aliphatic rings. The maximum Gasteiger partial charge on any atom is 0.149 e. The van der Waals surface area contributed by atoms with E-state index in [0.29, 0.717) is 17.9 Å². The zero-order valence-corrected chi connectivity index (χ0v) is 10.2. The van der Waals surface area contributed by atoms with E-state index in [1.54, 1.807) is 0 Å². The van der Waals surface area contributed by atoms with Crippen LogP contribution in [0.25, 0.3) is 5.69 Å². The molecule has 0 amide bonds. The maximum atomic E-state index is 13.7. The number of ether oxygens (including phenoxy) is 1. The second kappa shape index (κ2) is 5.14. The van der Waals surface area contributed by atoms with Crippen LogP contribution < -0.4 is 4.74 Å². The van der Waals surface area contributed by atoms with Crippen LogP contribution in [0.1, 0.15) is 25.1 Å². The lowest BCUT2D eigenvalue weighted by Crippen LogP contribution is -1.99. The van der Waals surface area contributed by atoms with E-state index in [1.165, 1.54) is 36.2 Å². The summed E-state index contributed by atoms with van der Waals surface area (Å²) in [4.78, 5) is 0. The van der Waals surface area contributed by atoms with Crippen LogP contribution in [-0.4, -0.2) is 27.2 Å². The first-order valence-electron chi connectivity index (χ1n) is 5.60. The average molecular weight is 251 g/mol. The summed E-state index contributed by atoms with van der Waals surface area (Å²) in [6.45, 7) is 1.83. The van der Waals surface area contributed by atoms with Crippen LogP contribution in [-0.2, 0) is 0 Å². The van der Waals surface area contributed by atoms with Crippen molar-refractivity contribution in [2.45, 2.75) is 19.4 Å². The van der Waals surface area contributed by atoms with Crippen LogP contribution in [0.5, 0.6) is 5.75 Å². The number of aliphatic hydroxyl groups is 1. The van der Waals surface area contributed by atoms with Crippen molar-refractivity contribution >= 4 is 0 Å². The molecule has 6 heteroatoms. The molecule has 0 aliphatic carbocycles. The lowest BCUT2D eigenvalue weighted by molar-refractivity contribution is 0.169. The SMILES string of the molecule is CCC(O)c1cn(-c2cc(OC)ccc2F)nn1. The number of rotatable bonds is 4. The van der Waals surface area contributed by atoms with Gasteiger partial charge in [0.05, 0.1) is 19.4 Å². The highest BCUT2D eigenvalue weighted by Gasteiger charge is 2.13. The van der Waals surface area contributed by atoms with Crippen LogP contribution in [0.3, 0.4) is 0 Å². The van der Waals surface area contributed by atoms with E-state index in [9.17, 15) is 9.50 Å². The molecular formula is C12H14FN3O2. The van der Waals surface area contributed by atoms with Gasteiger partial charge in [-0.25, -0.2) is 9.07 Å². The highest BCUT2D eigenvalue weighted by molar-refractivity contribution is 5.40. The number of hydrogen-bond acceptors (Lipinski definition) is 4. The van der Waals surface area contributed by atoms with E-state index in [1.807, 2.05) is 6.92 Å². The van der Waals surface area contributed by atoms with Crippen LogP contribution in [0, 0.1) is 5.82 Å². The largest absolute Gasteiger partial charge is 0.497 e. The van der Waals surface area contributed by atoms with Crippen LogP contribution in [0.15, 0.2) is 24.4 Å². The van der Waals surface area contributed by atoms with E-state index >= 15 is 0 Å². The molecule has 96 valence electrons. The molecule has 1 aromatic heterocycles. The molecule has 0 saturated heterocycles. The maximum absolute atomic E-state index is 13.7. The van der Waals surface area contributed by atoms with Gasteiger partial charge in [-0.3, -0.25) is 0 Å². The molecule has 0 bridgehead atoms. The fourth-order valence-electron chi connectivity index (χ4n) is 1.55. The summed E-state index contributed by atoms with van der Waals surface area (Å²) >= 11 is 0. The van der Waals surface area contributed by atoms with Gasteiger partial charge in [-0.15, -0.1) is 5.10 Å². The van der Waals surface area contributed by atoms with Crippen molar-refractivity contribution < 1.29 is 14.2 Å². The molecule has 0 fully saturated rings. The quantitative estimate of drug-likeness (QED) is 0.901. The Balaban J connectivity index is 2.39. The van der Waals surface area contributed by atoms with E-state index in [4.69, 9.17) is 4.74 Å². The normalized spacial score (nSPS) is 12.4. The molecule has 18 heavy (non-hydrogen) atoms. The Kier molecular flexibility index (Phi) is 3.57. The van der Waals surface area contributed by atoms with Gasteiger partial charge < -0.3 is 9.84 Å². The minimum absolute atomic E-state index is 0.233. The molecule has 1 unspecified atom stereocenters. The summed E-state index contributed by atoms with van der Waals surface area (Å²) in [7, 11) is 1.50. The van der Waals surface area contributed by atoms with Gasteiger partial charge in [-0.2, -0.15) is 0 Å². The van der Waals surface area contributed by atoms with Crippen LogP contribution >= 0.6 is 0 Å². The molecule has 1 N–H and O–H groups in total. The van der Waals surface area contributed by atoms with Gasteiger partial charge in [0.15, 0.2) is 0 Å². The van der Waals surface area contributed by atoms with Gasteiger partial charge in [0.25, 0.3) is 0 Å². The summed E-state index contributed by atoms with van der Waals surface area (Å²) in [5.41, 5.74) is 0.649. The third kappa shape index (κ3) is 2.33. The van der Waals surface area contributed by atoms with Crippen LogP contribution in [0.2, 0.25) is 0 Å². The summed E-state index contributed by atoms with van der Waals surface area (Å²) in [6, 6.07) is 4.34. The van der Waals surface area contributed by atoms with Crippen molar-refractivity contribution in [1.29, 1.82) is 0 Å². The molecule has 5 nitrogen and oxygen atoms in total. The Bertz CT molecular complexity index is 542. The number of benzene rings is 1. The summed E-state index contributed by atoms with van der Waals surface area (Å²) in [6.07, 6.45) is 1.35. The molecule has 2 aromatic rings. The number of aliphatic hydroxyl groups excluding tert-OH is 1. The first kappa shape index (κ1) is 12.5. The predicted octanol–water partition coefficient (Wildman–Crippen LogP) is 1.86. The Morgan fingerprint density at radius 2 is 2.28 bits per heavy atom. The predicted molar refractivity (Wildman–Crippen MR) is 63.1 cm³/mol. The molecule has 1 aromatic carbocycles. The number of hydrogen-bond donors (Lipinski definition) is 1. The number of nitrogens with zero attached hydrogens (tertiary/aromatic N) is 3. The van der Waals surface area contributed by atoms with Gasteiger partial charge in [-0.1, -0.05) is 12.1 Å². The molecule has 2 rings (SSSR count). The smallest absolute Gasteiger partial charge is 0.149 e. The monoisotopic (exact) mass is 251 g/mol. The number of methoxy groups -OCH3 is 1. The van der Waals surface area contributed by atoms with Gasteiger partial charge >= 0.3 is 0 Å². The zero-order chi connectivity index (χ0) is 13.1. The fraction of sp³-hybridized carbons (Fsp3) is 0.333. The highest BCUT2D eigenvalue weighted by atomic mass is 19.1. The standard InChI is InChI=1S/C12H14FN3O2/c1-3-12(17)10-7-16(15-14-10)11-6-8(18-2)4-5-9(11)13/h4-7,12,17H,3H2,1-2H3. The van der Waals surface area contributed by atoms with E-state index in [0.717, 1.165) is 0 Å². The van der Waals surface area contributed by atoms with Crippen molar-refractivity contribution in [3.8, 4) is 11.4 Å². The van der Waals surface area contributed by atoms with E-state index in [-0.39, 0.29) is 5.69 Å². The van der Waals surface area contributed by atoms with Gasteiger partial charge in [-0.05, 0) is 18.6 Å². The number of halogens is 1. The molecular weight excluding hydrogens is 237 g/mol. The second-order valence-electron chi connectivity index (χ2n) is 3.83. The Labute approximate surface area is 104 Å². The van der Waals surface area contributed by atoms with Gasteiger partial charge in [0, 0.05) is 6.07 Å². The van der Waals surface area contributed by atoms with Crippen molar-refractivity contribution in [2.24, 2.45) is 0 Å². The molecule has 0 aliphatic heterocycles. The minimum atomic E-state index is -0.688. The van der Waals surface area contributed by atoms with Crippen molar-refractivity contribution in [1.82, 2.24) is 15.0 Å².